The fourth-order valence-electron chi connectivity index (χ4n) is 4.89. The van der Waals surface area contributed by atoms with Gasteiger partial charge in [-0.1, -0.05) is 30.3 Å². The predicted molar refractivity (Wildman–Crippen MR) is 151 cm³/mol. The smallest absolute Gasteiger partial charge is 0.406 e. The van der Waals surface area contributed by atoms with Gasteiger partial charge in [0.25, 0.3) is 0 Å². The molecule has 1 aliphatic carbocycles. The number of amides is 2. The molecule has 1 heterocycles. The van der Waals surface area contributed by atoms with Crippen molar-refractivity contribution < 1.29 is 22.7 Å². The standard InChI is InChI=1S/C29H26F3N5O2S/c1-17-5-4-6-18(2)25(17)34-28(38)36-40-33-16-19-7-13-23-21(15-19)10-14-24-26(23)35-37(3)27(24)20-8-11-22(12-9-20)39-29(30,31)32/h4-9,11-13,15-16H,10,14H2,1-3H3,(H2,34,36,38)/b33-16+. The van der Waals surface area contributed by atoms with Gasteiger partial charge in [-0.25, -0.2) is 9.19 Å². The number of hydrogen-bond donors (Lipinski definition) is 2. The average Bonchev–Trinajstić information content (AvgIpc) is 3.24. The van der Waals surface area contributed by atoms with Crippen LogP contribution in [0.15, 0.2) is 65.1 Å². The molecule has 1 aliphatic rings. The highest BCUT2D eigenvalue weighted by Crippen LogP contribution is 2.39. The minimum absolute atomic E-state index is 0.262. The number of aromatic nitrogens is 2. The van der Waals surface area contributed by atoms with E-state index in [2.05, 4.69) is 25.2 Å². The van der Waals surface area contributed by atoms with Crippen molar-refractivity contribution in [3.8, 4) is 28.3 Å². The maximum Gasteiger partial charge on any atom is 0.573 e. The number of carbonyl (C=O) groups excluding carboxylic acids is 1. The Morgan fingerprint density at radius 2 is 1.80 bits per heavy atom. The topological polar surface area (TPSA) is 80.5 Å². The van der Waals surface area contributed by atoms with Crippen molar-refractivity contribution in [1.82, 2.24) is 14.5 Å². The van der Waals surface area contributed by atoms with Crippen LogP contribution in [0.3, 0.4) is 0 Å². The fraction of sp³-hybridized carbons (Fsp3) is 0.207. The largest absolute Gasteiger partial charge is 0.573 e. The molecular weight excluding hydrogens is 539 g/mol. The van der Waals surface area contributed by atoms with Crippen molar-refractivity contribution in [2.45, 2.75) is 33.1 Å². The Morgan fingerprint density at radius 3 is 2.50 bits per heavy atom. The second kappa shape index (κ2) is 11.1. The van der Waals surface area contributed by atoms with E-state index in [1.165, 1.54) is 12.1 Å². The lowest BCUT2D eigenvalue weighted by Crippen LogP contribution is -2.23. The lowest BCUT2D eigenvalue weighted by Gasteiger charge is -2.17. The summed E-state index contributed by atoms with van der Waals surface area (Å²) in [6.45, 7) is 3.88. The molecule has 0 atom stereocenters. The van der Waals surface area contributed by atoms with Crippen molar-refractivity contribution in [2.75, 3.05) is 5.32 Å². The monoisotopic (exact) mass is 565 g/mol. The number of nitrogens with zero attached hydrogens (tertiary/aromatic N) is 3. The van der Waals surface area contributed by atoms with E-state index >= 15 is 0 Å². The van der Waals surface area contributed by atoms with Gasteiger partial charge in [0.2, 0.25) is 0 Å². The van der Waals surface area contributed by atoms with Crippen LogP contribution in [0.2, 0.25) is 0 Å². The van der Waals surface area contributed by atoms with Crippen LogP contribution in [0, 0.1) is 13.8 Å². The van der Waals surface area contributed by atoms with E-state index in [4.69, 9.17) is 5.10 Å². The summed E-state index contributed by atoms with van der Waals surface area (Å²) in [4.78, 5) is 12.3. The number of carbonyl (C=O) groups is 1. The summed E-state index contributed by atoms with van der Waals surface area (Å²) in [5, 5.41) is 7.59. The van der Waals surface area contributed by atoms with Crippen molar-refractivity contribution in [3.63, 3.8) is 0 Å². The van der Waals surface area contributed by atoms with E-state index in [-0.39, 0.29) is 11.8 Å². The van der Waals surface area contributed by atoms with Gasteiger partial charge >= 0.3 is 12.4 Å². The first-order chi connectivity index (χ1) is 19.1. The van der Waals surface area contributed by atoms with E-state index in [0.717, 1.165) is 81.0 Å². The van der Waals surface area contributed by atoms with E-state index in [0.29, 0.717) is 0 Å². The number of anilines is 1. The minimum Gasteiger partial charge on any atom is -0.406 e. The Kier molecular flexibility index (Phi) is 7.57. The number of hydrogen-bond acceptors (Lipinski definition) is 5. The molecule has 0 saturated heterocycles. The van der Waals surface area contributed by atoms with Gasteiger partial charge in [-0.15, -0.1) is 13.2 Å². The van der Waals surface area contributed by atoms with E-state index in [9.17, 15) is 18.0 Å². The van der Waals surface area contributed by atoms with Gasteiger partial charge in [0.15, 0.2) is 0 Å². The molecule has 0 radical (unpaired) electrons. The summed E-state index contributed by atoms with van der Waals surface area (Å²) in [5.41, 5.74) is 9.32. The third kappa shape index (κ3) is 5.99. The number of alkyl halides is 3. The maximum atomic E-state index is 12.5. The average molecular weight is 566 g/mol. The van der Waals surface area contributed by atoms with Crippen molar-refractivity contribution in [1.29, 1.82) is 0 Å². The maximum absolute atomic E-state index is 12.5. The predicted octanol–water partition coefficient (Wildman–Crippen LogP) is 7.17. The summed E-state index contributed by atoms with van der Waals surface area (Å²) in [7, 11) is 1.83. The molecule has 2 N–H and O–H groups in total. The van der Waals surface area contributed by atoms with Crippen molar-refractivity contribution in [3.05, 3.63) is 88.5 Å². The molecule has 0 saturated carbocycles. The minimum atomic E-state index is -4.73. The van der Waals surface area contributed by atoms with Crippen LogP contribution >= 0.6 is 12.1 Å². The number of ether oxygens (including phenoxy) is 1. The first kappa shape index (κ1) is 27.3. The fourth-order valence-corrected chi connectivity index (χ4v) is 5.25. The second-order valence-corrected chi connectivity index (χ2v) is 10.0. The van der Waals surface area contributed by atoms with Gasteiger partial charge in [-0.3, -0.25) is 9.40 Å². The molecule has 3 aromatic carbocycles. The van der Waals surface area contributed by atoms with Crippen LogP contribution in [0.25, 0.3) is 22.5 Å². The highest BCUT2D eigenvalue weighted by atomic mass is 32.2. The Hall–Kier alpha value is -4.25. The quantitative estimate of drug-likeness (QED) is 0.192. The molecule has 1 aromatic heterocycles. The van der Waals surface area contributed by atoms with Crippen LogP contribution in [0.1, 0.15) is 27.8 Å². The van der Waals surface area contributed by atoms with E-state index < -0.39 is 6.36 Å². The van der Waals surface area contributed by atoms with Crippen molar-refractivity contribution >= 4 is 30.1 Å². The van der Waals surface area contributed by atoms with Crippen molar-refractivity contribution in [2.24, 2.45) is 11.4 Å². The summed E-state index contributed by atoms with van der Waals surface area (Å²) in [6.07, 6.45) is -1.53. The number of para-hydroxylation sites is 1. The van der Waals surface area contributed by atoms with Crippen LogP contribution < -0.4 is 14.8 Å². The van der Waals surface area contributed by atoms with E-state index in [1.807, 2.05) is 51.2 Å². The number of halogens is 3. The molecular formula is C29H26F3N5O2S. The number of benzene rings is 3. The highest BCUT2D eigenvalue weighted by Gasteiger charge is 2.31. The van der Waals surface area contributed by atoms with Gasteiger partial charge in [0.05, 0.1) is 23.5 Å². The Bertz CT molecular complexity index is 1580. The number of urea groups is 1. The van der Waals surface area contributed by atoms with Crippen LogP contribution in [0.4, 0.5) is 23.7 Å². The lowest BCUT2D eigenvalue weighted by atomic mass is 9.87. The summed E-state index contributed by atoms with van der Waals surface area (Å²) in [6, 6.07) is 17.3. The Labute approximate surface area is 233 Å². The molecule has 7 nitrogen and oxygen atoms in total. The molecule has 40 heavy (non-hydrogen) atoms. The van der Waals surface area contributed by atoms with Gasteiger partial charge in [-0.05, 0) is 79.3 Å². The van der Waals surface area contributed by atoms with Crippen LogP contribution in [0.5, 0.6) is 5.75 Å². The molecule has 0 bridgehead atoms. The molecule has 5 rings (SSSR count). The van der Waals surface area contributed by atoms with Gasteiger partial charge < -0.3 is 10.1 Å². The SMILES string of the molecule is Cc1cccc(C)c1NC(=O)NS/N=C/c1ccc2c(c1)CCc1c-2nn(C)c1-c1ccc(OC(F)(F)F)cc1. The Balaban J connectivity index is 1.26. The molecule has 0 unspecified atom stereocenters. The highest BCUT2D eigenvalue weighted by molar-refractivity contribution is 7.96. The molecule has 2 amide bonds. The molecule has 0 fully saturated rings. The summed E-state index contributed by atoms with van der Waals surface area (Å²) in [5.74, 6) is -0.262. The summed E-state index contributed by atoms with van der Waals surface area (Å²) < 4.78 is 50.3. The zero-order chi connectivity index (χ0) is 28.4. The van der Waals surface area contributed by atoms with Gasteiger partial charge in [0.1, 0.15) is 5.75 Å². The molecule has 0 aliphatic heterocycles. The van der Waals surface area contributed by atoms with Crippen LogP contribution in [-0.4, -0.2) is 28.4 Å². The first-order valence-corrected chi connectivity index (χ1v) is 13.2. The summed E-state index contributed by atoms with van der Waals surface area (Å²) >= 11 is 0.940. The number of fused-ring (bicyclic) bond motifs is 3. The normalized spacial score (nSPS) is 12.7. The third-order valence-corrected chi connectivity index (χ3v) is 7.14. The zero-order valence-electron chi connectivity index (χ0n) is 22.0. The number of aryl methyl sites for hydroxylation is 4. The molecule has 0 spiro atoms. The van der Waals surface area contributed by atoms with Crippen LogP contribution in [-0.2, 0) is 19.9 Å². The first-order valence-electron chi connectivity index (χ1n) is 12.5. The van der Waals surface area contributed by atoms with Gasteiger partial charge in [-0.2, -0.15) is 5.10 Å². The lowest BCUT2D eigenvalue weighted by molar-refractivity contribution is -0.274. The molecule has 4 aromatic rings. The van der Waals surface area contributed by atoms with E-state index in [1.54, 1.807) is 23.0 Å². The molecule has 11 heteroatoms. The number of nitrogens with one attached hydrogen (secondary N) is 2. The number of rotatable bonds is 6. The third-order valence-electron chi connectivity index (χ3n) is 6.65. The Morgan fingerprint density at radius 1 is 1.07 bits per heavy atom. The van der Waals surface area contributed by atoms with Gasteiger partial charge in [0, 0.05) is 35.6 Å². The molecule has 206 valence electrons. The second-order valence-electron chi connectivity index (χ2n) is 9.44. The zero-order valence-corrected chi connectivity index (χ0v) is 22.8.